The second-order valence-electron chi connectivity index (χ2n) is 4.74. The fourth-order valence-electron chi connectivity index (χ4n) is 2.38. The predicted octanol–water partition coefficient (Wildman–Crippen LogP) is 2.09. The van der Waals surface area contributed by atoms with Crippen molar-refractivity contribution in [1.82, 2.24) is 0 Å². The van der Waals surface area contributed by atoms with Crippen LogP contribution in [-0.2, 0) is 11.2 Å². The monoisotopic (exact) mass is 232 g/mol. The maximum Gasteiger partial charge on any atom is 0.244 e. The van der Waals surface area contributed by atoms with Gasteiger partial charge in [0.2, 0.25) is 5.91 Å². The minimum absolute atomic E-state index is 0.0483. The summed E-state index contributed by atoms with van der Waals surface area (Å²) in [6, 6.07) is 7.98. The summed E-state index contributed by atoms with van der Waals surface area (Å²) in [6.45, 7) is 4.04. The molecule has 17 heavy (non-hydrogen) atoms. The van der Waals surface area contributed by atoms with Gasteiger partial charge in [-0.05, 0) is 37.8 Å². The van der Waals surface area contributed by atoms with Crippen LogP contribution in [0.2, 0.25) is 0 Å². The molecule has 0 saturated heterocycles. The normalized spacial score (nSPS) is 20.9. The van der Waals surface area contributed by atoms with E-state index in [1.54, 1.807) is 0 Å². The molecule has 1 aromatic carbocycles. The van der Waals surface area contributed by atoms with E-state index >= 15 is 0 Å². The van der Waals surface area contributed by atoms with Gasteiger partial charge in [0.1, 0.15) is 0 Å². The highest BCUT2D eigenvalue weighted by molar-refractivity contribution is 5.98. The van der Waals surface area contributed by atoms with Gasteiger partial charge in [-0.25, -0.2) is 0 Å². The maximum atomic E-state index is 12.3. The van der Waals surface area contributed by atoms with Gasteiger partial charge in [0.25, 0.3) is 0 Å². The van der Waals surface area contributed by atoms with Crippen LogP contribution in [0.5, 0.6) is 0 Å². The Hall–Kier alpha value is -1.35. The van der Waals surface area contributed by atoms with Crippen molar-refractivity contribution in [2.45, 2.75) is 45.2 Å². The molecule has 1 heterocycles. The molecule has 0 bridgehead atoms. The molecule has 0 aliphatic carbocycles. The number of rotatable bonds is 2. The first kappa shape index (κ1) is 12.1. The number of para-hydroxylation sites is 1. The Morgan fingerprint density at radius 1 is 1.53 bits per heavy atom. The lowest BCUT2D eigenvalue weighted by Gasteiger charge is -2.36. The second kappa shape index (κ2) is 4.88. The molecule has 0 aromatic heterocycles. The van der Waals surface area contributed by atoms with Crippen molar-refractivity contribution < 1.29 is 4.79 Å². The molecule has 1 aliphatic rings. The first-order valence-corrected chi connectivity index (χ1v) is 6.31. The van der Waals surface area contributed by atoms with E-state index < -0.39 is 0 Å². The van der Waals surface area contributed by atoms with E-state index in [1.807, 2.05) is 30.0 Å². The molecule has 1 amide bonds. The van der Waals surface area contributed by atoms with Crippen LogP contribution in [0.3, 0.4) is 0 Å². The molecule has 92 valence electrons. The van der Waals surface area contributed by atoms with Gasteiger partial charge in [0, 0.05) is 11.7 Å². The summed E-state index contributed by atoms with van der Waals surface area (Å²) < 4.78 is 0. The van der Waals surface area contributed by atoms with Gasteiger partial charge in [0.05, 0.1) is 6.04 Å². The van der Waals surface area contributed by atoms with Gasteiger partial charge in [0.15, 0.2) is 0 Å². The van der Waals surface area contributed by atoms with Crippen molar-refractivity contribution in [3.63, 3.8) is 0 Å². The topological polar surface area (TPSA) is 46.3 Å². The summed E-state index contributed by atoms with van der Waals surface area (Å²) in [6.07, 6.45) is 2.74. The Bertz CT molecular complexity index is 416. The first-order valence-electron chi connectivity index (χ1n) is 6.31. The number of benzene rings is 1. The van der Waals surface area contributed by atoms with Gasteiger partial charge in [-0.3, -0.25) is 4.79 Å². The Labute approximate surface area is 103 Å². The van der Waals surface area contributed by atoms with Crippen molar-refractivity contribution in [2.24, 2.45) is 5.73 Å². The Kier molecular flexibility index (Phi) is 3.48. The third-order valence-corrected chi connectivity index (χ3v) is 3.52. The van der Waals surface area contributed by atoms with E-state index in [4.69, 9.17) is 5.73 Å². The molecule has 1 unspecified atom stereocenters. The van der Waals surface area contributed by atoms with Gasteiger partial charge in [-0.15, -0.1) is 0 Å². The summed E-state index contributed by atoms with van der Waals surface area (Å²) in [5.74, 6) is 0.0483. The fraction of sp³-hybridized carbons (Fsp3) is 0.500. The predicted molar refractivity (Wildman–Crippen MR) is 70.0 cm³/mol. The number of carbonyl (C=O) groups excluding carboxylic acids is 1. The minimum atomic E-state index is -0.386. The lowest BCUT2D eigenvalue weighted by Crippen LogP contribution is -2.49. The molecule has 2 rings (SSSR count). The van der Waals surface area contributed by atoms with E-state index in [9.17, 15) is 4.79 Å². The number of nitrogens with zero attached hydrogens (tertiary/aromatic N) is 1. The third kappa shape index (κ3) is 2.20. The highest BCUT2D eigenvalue weighted by atomic mass is 16.2. The SMILES string of the molecule is CC[C@@H](N)C(=O)N1c2ccccc2CCC1C. The van der Waals surface area contributed by atoms with E-state index in [0.717, 1.165) is 18.5 Å². The summed E-state index contributed by atoms with van der Waals surface area (Å²) in [5.41, 5.74) is 8.17. The third-order valence-electron chi connectivity index (χ3n) is 3.52. The zero-order valence-corrected chi connectivity index (χ0v) is 10.5. The average molecular weight is 232 g/mol. The van der Waals surface area contributed by atoms with E-state index in [0.29, 0.717) is 6.42 Å². The number of hydrogen-bond donors (Lipinski definition) is 1. The van der Waals surface area contributed by atoms with Crippen LogP contribution < -0.4 is 10.6 Å². The Morgan fingerprint density at radius 2 is 2.24 bits per heavy atom. The molecule has 0 radical (unpaired) electrons. The van der Waals surface area contributed by atoms with Crippen molar-refractivity contribution in [3.05, 3.63) is 29.8 Å². The molecule has 3 nitrogen and oxygen atoms in total. The standard InChI is InChI=1S/C14H20N2O/c1-3-12(15)14(17)16-10(2)8-9-11-6-4-5-7-13(11)16/h4-7,10,12H,3,8-9,15H2,1-2H3/t10?,12-/m1/s1. The number of aryl methyl sites for hydroxylation is 1. The summed E-state index contributed by atoms with van der Waals surface area (Å²) in [4.78, 5) is 14.2. The van der Waals surface area contributed by atoms with Crippen molar-refractivity contribution in [2.75, 3.05) is 4.90 Å². The van der Waals surface area contributed by atoms with Crippen molar-refractivity contribution >= 4 is 11.6 Å². The minimum Gasteiger partial charge on any atom is -0.320 e. The molecule has 2 atom stereocenters. The second-order valence-corrected chi connectivity index (χ2v) is 4.74. The number of carbonyl (C=O) groups is 1. The van der Waals surface area contributed by atoms with Crippen LogP contribution in [0, 0.1) is 0 Å². The van der Waals surface area contributed by atoms with Crippen LogP contribution >= 0.6 is 0 Å². The molecule has 2 N–H and O–H groups in total. The molecule has 3 heteroatoms. The highest BCUT2D eigenvalue weighted by Gasteiger charge is 2.30. The number of hydrogen-bond acceptors (Lipinski definition) is 2. The molecule has 0 spiro atoms. The zero-order valence-electron chi connectivity index (χ0n) is 10.5. The van der Waals surface area contributed by atoms with Crippen molar-refractivity contribution in [1.29, 1.82) is 0 Å². The zero-order chi connectivity index (χ0) is 12.4. The largest absolute Gasteiger partial charge is 0.320 e. The van der Waals surface area contributed by atoms with Crippen LogP contribution in [0.1, 0.15) is 32.3 Å². The molecule has 1 aromatic rings. The molecular weight excluding hydrogens is 212 g/mol. The smallest absolute Gasteiger partial charge is 0.244 e. The summed E-state index contributed by atoms with van der Waals surface area (Å²) >= 11 is 0. The quantitative estimate of drug-likeness (QED) is 0.848. The van der Waals surface area contributed by atoms with Crippen LogP contribution in [0.15, 0.2) is 24.3 Å². The summed E-state index contributed by atoms with van der Waals surface area (Å²) in [7, 11) is 0. The van der Waals surface area contributed by atoms with E-state index in [-0.39, 0.29) is 18.0 Å². The van der Waals surface area contributed by atoms with Gasteiger partial charge in [-0.1, -0.05) is 25.1 Å². The van der Waals surface area contributed by atoms with Crippen LogP contribution in [0.4, 0.5) is 5.69 Å². The molecule has 1 aliphatic heterocycles. The lowest BCUT2D eigenvalue weighted by atomic mass is 9.95. The van der Waals surface area contributed by atoms with Gasteiger partial charge in [-0.2, -0.15) is 0 Å². The number of amides is 1. The van der Waals surface area contributed by atoms with Crippen LogP contribution in [0.25, 0.3) is 0 Å². The van der Waals surface area contributed by atoms with Gasteiger partial charge < -0.3 is 10.6 Å². The number of fused-ring (bicyclic) bond motifs is 1. The van der Waals surface area contributed by atoms with Crippen molar-refractivity contribution in [3.8, 4) is 0 Å². The summed E-state index contributed by atoms with van der Waals surface area (Å²) in [5, 5.41) is 0. The Balaban J connectivity index is 2.36. The van der Waals surface area contributed by atoms with Crippen LogP contribution in [-0.4, -0.2) is 18.0 Å². The molecule has 0 saturated carbocycles. The number of anilines is 1. The first-order chi connectivity index (χ1) is 8.15. The van der Waals surface area contributed by atoms with Gasteiger partial charge >= 0.3 is 0 Å². The lowest BCUT2D eigenvalue weighted by molar-refractivity contribution is -0.120. The fourth-order valence-corrected chi connectivity index (χ4v) is 2.38. The molecule has 0 fully saturated rings. The Morgan fingerprint density at radius 3 is 2.94 bits per heavy atom. The number of nitrogens with two attached hydrogens (primary N) is 1. The highest BCUT2D eigenvalue weighted by Crippen LogP contribution is 2.30. The average Bonchev–Trinajstić information content (AvgIpc) is 2.37. The van der Waals surface area contributed by atoms with E-state index in [1.165, 1.54) is 5.56 Å². The maximum absolute atomic E-state index is 12.3. The molecular formula is C14H20N2O. The van der Waals surface area contributed by atoms with E-state index in [2.05, 4.69) is 13.0 Å².